The number of nitrogens with two attached hydrogens (primary N) is 1. The van der Waals surface area contributed by atoms with Crippen molar-refractivity contribution in [1.29, 1.82) is 0 Å². The summed E-state index contributed by atoms with van der Waals surface area (Å²) in [6, 6.07) is 18.4. The second-order valence-electron chi connectivity index (χ2n) is 7.88. The van der Waals surface area contributed by atoms with Gasteiger partial charge in [-0.15, -0.1) is 11.3 Å². The maximum atomic E-state index is 14.7. The minimum atomic E-state index is -3.33. The van der Waals surface area contributed by atoms with Gasteiger partial charge in [0.25, 0.3) is 5.91 Å². The van der Waals surface area contributed by atoms with Crippen molar-refractivity contribution in [3.05, 3.63) is 88.6 Å². The zero-order chi connectivity index (χ0) is 24.5. The SMILES string of the molecule is CS(=O)(=O)c1cccc(Cc2cc3c(F)ccc(-c4cccc(C(=O)NCC(N)=O)c4)c3s2)c1. The number of thiophene rings is 1. The summed E-state index contributed by atoms with van der Waals surface area (Å²) in [6.07, 6.45) is 1.62. The quantitative estimate of drug-likeness (QED) is 0.404. The van der Waals surface area contributed by atoms with Gasteiger partial charge in [0, 0.05) is 33.2 Å². The highest BCUT2D eigenvalue weighted by Crippen LogP contribution is 2.37. The van der Waals surface area contributed by atoms with Gasteiger partial charge in [0.2, 0.25) is 5.91 Å². The number of benzene rings is 3. The summed E-state index contributed by atoms with van der Waals surface area (Å²) in [4.78, 5) is 24.4. The van der Waals surface area contributed by atoms with Crippen LogP contribution in [0, 0.1) is 5.82 Å². The predicted molar refractivity (Wildman–Crippen MR) is 131 cm³/mol. The van der Waals surface area contributed by atoms with Crippen molar-refractivity contribution in [1.82, 2.24) is 5.32 Å². The maximum Gasteiger partial charge on any atom is 0.251 e. The number of fused-ring (bicyclic) bond motifs is 1. The monoisotopic (exact) mass is 496 g/mol. The predicted octanol–water partition coefficient (Wildman–Crippen LogP) is 3.92. The van der Waals surface area contributed by atoms with E-state index in [0.717, 1.165) is 32.5 Å². The average molecular weight is 497 g/mol. The van der Waals surface area contributed by atoms with Crippen molar-refractivity contribution >= 4 is 43.1 Å². The fourth-order valence-corrected chi connectivity index (χ4v) is 5.57. The van der Waals surface area contributed by atoms with Crippen molar-refractivity contribution in [2.24, 2.45) is 5.73 Å². The Morgan fingerprint density at radius 2 is 1.79 bits per heavy atom. The molecule has 9 heteroatoms. The van der Waals surface area contributed by atoms with Gasteiger partial charge < -0.3 is 11.1 Å². The summed E-state index contributed by atoms with van der Waals surface area (Å²) < 4.78 is 39.1. The number of hydrogen-bond acceptors (Lipinski definition) is 5. The molecule has 0 aliphatic heterocycles. The van der Waals surface area contributed by atoms with E-state index in [2.05, 4.69) is 5.32 Å². The van der Waals surface area contributed by atoms with Crippen LogP contribution in [0.5, 0.6) is 0 Å². The maximum absolute atomic E-state index is 14.7. The van der Waals surface area contributed by atoms with Crippen molar-refractivity contribution in [2.75, 3.05) is 12.8 Å². The molecule has 0 saturated carbocycles. The first-order chi connectivity index (χ1) is 16.1. The molecule has 0 bridgehead atoms. The first-order valence-corrected chi connectivity index (χ1v) is 13.0. The number of primary amides is 1. The summed E-state index contributed by atoms with van der Waals surface area (Å²) >= 11 is 1.42. The highest BCUT2D eigenvalue weighted by atomic mass is 32.2. The Kier molecular flexibility index (Phi) is 6.49. The van der Waals surface area contributed by atoms with E-state index < -0.39 is 21.7 Å². The van der Waals surface area contributed by atoms with Crippen LogP contribution in [0.4, 0.5) is 4.39 Å². The van der Waals surface area contributed by atoms with E-state index in [4.69, 9.17) is 5.73 Å². The zero-order valence-electron chi connectivity index (χ0n) is 18.2. The summed E-state index contributed by atoms with van der Waals surface area (Å²) in [6.45, 7) is -0.265. The van der Waals surface area contributed by atoms with E-state index >= 15 is 0 Å². The van der Waals surface area contributed by atoms with Gasteiger partial charge in [-0.2, -0.15) is 0 Å². The number of rotatable bonds is 7. The number of carbonyl (C=O) groups excluding carboxylic acids is 2. The molecule has 0 spiro atoms. The molecule has 0 aliphatic carbocycles. The van der Waals surface area contributed by atoms with E-state index in [1.807, 2.05) is 12.1 Å². The summed E-state index contributed by atoms with van der Waals surface area (Å²) in [5.74, 6) is -1.43. The third-order valence-electron chi connectivity index (χ3n) is 5.25. The Labute approximate surface area is 200 Å². The van der Waals surface area contributed by atoms with Crippen LogP contribution in [0.25, 0.3) is 21.2 Å². The molecule has 1 aromatic heterocycles. The van der Waals surface area contributed by atoms with E-state index in [1.54, 1.807) is 48.5 Å². The smallest absolute Gasteiger partial charge is 0.251 e. The van der Waals surface area contributed by atoms with Gasteiger partial charge in [0.05, 0.1) is 11.4 Å². The van der Waals surface area contributed by atoms with E-state index in [-0.39, 0.29) is 17.3 Å². The van der Waals surface area contributed by atoms with Crippen LogP contribution >= 0.6 is 11.3 Å². The Bertz CT molecular complexity index is 1530. The third kappa shape index (κ3) is 5.16. The Hall–Kier alpha value is -3.56. The topological polar surface area (TPSA) is 106 Å². The molecule has 4 aromatic rings. The van der Waals surface area contributed by atoms with Crippen LogP contribution in [0.15, 0.2) is 71.6 Å². The van der Waals surface area contributed by atoms with Gasteiger partial charge >= 0.3 is 0 Å². The first kappa shape index (κ1) is 23.6. The standard InChI is InChI=1S/C25H21FN2O4S2/c1-34(31,32)19-7-2-4-15(11-19)10-18-13-21-22(26)9-8-20(24(21)33-18)16-5-3-6-17(12-16)25(30)28-14-23(27)29/h2-9,11-13H,10,14H2,1H3,(H2,27,29)(H,28,30). The summed E-state index contributed by atoms with van der Waals surface area (Å²) in [7, 11) is -3.33. The highest BCUT2D eigenvalue weighted by Gasteiger charge is 2.15. The molecule has 0 saturated heterocycles. The Balaban J connectivity index is 1.70. The Morgan fingerprint density at radius 1 is 1.03 bits per heavy atom. The lowest BCUT2D eigenvalue weighted by Crippen LogP contribution is -2.33. The fraction of sp³-hybridized carbons (Fsp3) is 0.120. The van der Waals surface area contributed by atoms with E-state index in [1.165, 1.54) is 17.4 Å². The minimum Gasteiger partial charge on any atom is -0.368 e. The van der Waals surface area contributed by atoms with Crippen LogP contribution in [0.1, 0.15) is 20.8 Å². The molecule has 0 radical (unpaired) electrons. The molecule has 0 atom stereocenters. The first-order valence-electron chi connectivity index (χ1n) is 10.3. The van der Waals surface area contributed by atoms with Gasteiger partial charge in [-0.05, 0) is 53.1 Å². The van der Waals surface area contributed by atoms with Crippen LogP contribution in [0.2, 0.25) is 0 Å². The van der Waals surface area contributed by atoms with E-state index in [9.17, 15) is 22.4 Å². The molecule has 0 fully saturated rings. The number of amides is 2. The summed E-state index contributed by atoms with van der Waals surface area (Å²) in [5, 5.41) is 2.91. The molecule has 0 aliphatic rings. The molecule has 34 heavy (non-hydrogen) atoms. The van der Waals surface area contributed by atoms with Crippen LogP contribution in [-0.2, 0) is 21.1 Å². The molecule has 1 heterocycles. The molecule has 3 N–H and O–H groups in total. The van der Waals surface area contributed by atoms with Crippen molar-refractivity contribution < 1.29 is 22.4 Å². The average Bonchev–Trinajstić information content (AvgIpc) is 3.22. The van der Waals surface area contributed by atoms with Gasteiger partial charge in [-0.3, -0.25) is 9.59 Å². The lowest BCUT2D eigenvalue weighted by atomic mass is 10.0. The van der Waals surface area contributed by atoms with Crippen molar-refractivity contribution in [2.45, 2.75) is 11.3 Å². The number of halogens is 1. The lowest BCUT2D eigenvalue weighted by Gasteiger charge is -2.08. The number of hydrogen-bond donors (Lipinski definition) is 2. The Morgan fingerprint density at radius 3 is 2.53 bits per heavy atom. The van der Waals surface area contributed by atoms with Crippen LogP contribution < -0.4 is 11.1 Å². The second kappa shape index (κ2) is 9.36. The van der Waals surface area contributed by atoms with Crippen LogP contribution in [0.3, 0.4) is 0 Å². The van der Waals surface area contributed by atoms with Crippen LogP contribution in [-0.4, -0.2) is 33.0 Å². The molecular formula is C25H21FN2O4S2. The minimum absolute atomic E-state index is 0.240. The molecular weight excluding hydrogens is 475 g/mol. The third-order valence-corrected chi connectivity index (χ3v) is 7.52. The molecule has 6 nitrogen and oxygen atoms in total. The molecule has 3 aromatic carbocycles. The van der Waals surface area contributed by atoms with Gasteiger partial charge in [0.1, 0.15) is 5.82 Å². The van der Waals surface area contributed by atoms with Gasteiger partial charge in [-0.1, -0.05) is 30.3 Å². The van der Waals surface area contributed by atoms with Crippen molar-refractivity contribution in [3.63, 3.8) is 0 Å². The zero-order valence-corrected chi connectivity index (χ0v) is 19.8. The van der Waals surface area contributed by atoms with Crippen molar-refractivity contribution in [3.8, 4) is 11.1 Å². The highest BCUT2D eigenvalue weighted by molar-refractivity contribution is 7.90. The van der Waals surface area contributed by atoms with Gasteiger partial charge in [-0.25, -0.2) is 12.8 Å². The largest absolute Gasteiger partial charge is 0.368 e. The normalized spacial score (nSPS) is 11.5. The lowest BCUT2D eigenvalue weighted by molar-refractivity contribution is -0.117. The fourth-order valence-electron chi connectivity index (χ4n) is 3.64. The molecule has 174 valence electrons. The number of sulfone groups is 1. The summed E-state index contributed by atoms with van der Waals surface area (Å²) in [5.41, 5.74) is 7.74. The molecule has 4 rings (SSSR count). The van der Waals surface area contributed by atoms with Gasteiger partial charge in [0.15, 0.2) is 9.84 Å². The molecule has 0 unspecified atom stereocenters. The number of carbonyl (C=O) groups is 2. The van der Waals surface area contributed by atoms with E-state index in [0.29, 0.717) is 17.4 Å². The number of nitrogens with one attached hydrogen (secondary N) is 1. The second-order valence-corrected chi connectivity index (χ2v) is 11.0. The molecule has 2 amide bonds.